The molecule has 0 radical (unpaired) electrons. The predicted molar refractivity (Wildman–Crippen MR) is 62.7 cm³/mol. The molecule has 0 amide bonds. The molecule has 2 rings (SSSR count). The van der Waals surface area contributed by atoms with Crippen LogP contribution in [0.25, 0.3) is 21.2 Å². The largest absolute Gasteiger partial charge is 0.277 e. The van der Waals surface area contributed by atoms with E-state index in [0.29, 0.717) is 11.3 Å². The van der Waals surface area contributed by atoms with Gasteiger partial charge in [-0.25, -0.2) is 0 Å². The quantitative estimate of drug-likeness (QED) is 0.256. The molecule has 0 atom stereocenters. The molecule has 0 aliphatic carbocycles. The number of hydrogen-bond acceptors (Lipinski definition) is 3. The van der Waals surface area contributed by atoms with Crippen molar-refractivity contribution in [2.75, 3.05) is 0 Å². The Balaban J connectivity index is 2.69. The van der Waals surface area contributed by atoms with E-state index in [-0.39, 0.29) is 0 Å². The SMILES string of the molecule is N#CC(=O)c1ccc2c(N=[N+]=[N-])cccc2c1. The van der Waals surface area contributed by atoms with Crippen molar-refractivity contribution in [3.8, 4) is 6.07 Å². The lowest BCUT2D eigenvalue weighted by atomic mass is 10.0. The van der Waals surface area contributed by atoms with E-state index >= 15 is 0 Å². The molecule has 5 nitrogen and oxygen atoms in total. The molecule has 0 N–H and O–H groups in total. The van der Waals surface area contributed by atoms with Gasteiger partial charge in [0.25, 0.3) is 5.78 Å². The van der Waals surface area contributed by atoms with Crippen LogP contribution in [0.3, 0.4) is 0 Å². The maximum Gasteiger partial charge on any atom is 0.262 e. The van der Waals surface area contributed by atoms with E-state index in [1.165, 1.54) is 0 Å². The lowest BCUT2D eigenvalue weighted by Crippen LogP contribution is -1.93. The zero-order valence-electron chi connectivity index (χ0n) is 8.66. The highest BCUT2D eigenvalue weighted by atomic mass is 16.1. The first-order chi connectivity index (χ1) is 8.26. The van der Waals surface area contributed by atoms with E-state index < -0.39 is 5.78 Å². The Morgan fingerprint density at radius 3 is 2.88 bits per heavy atom. The fourth-order valence-corrected chi connectivity index (χ4v) is 1.61. The molecule has 0 unspecified atom stereocenters. The monoisotopic (exact) mass is 222 g/mol. The molecule has 0 spiro atoms. The van der Waals surface area contributed by atoms with E-state index in [2.05, 4.69) is 10.0 Å². The molecular formula is C12H6N4O. The first-order valence-electron chi connectivity index (χ1n) is 4.78. The van der Waals surface area contributed by atoms with Crippen LogP contribution in [0, 0.1) is 11.3 Å². The Morgan fingerprint density at radius 1 is 1.35 bits per heavy atom. The highest BCUT2D eigenvalue weighted by molar-refractivity contribution is 6.10. The number of carbonyl (C=O) groups is 1. The van der Waals surface area contributed by atoms with Crippen molar-refractivity contribution in [3.05, 3.63) is 52.4 Å². The number of hydrogen-bond donors (Lipinski definition) is 0. The van der Waals surface area contributed by atoms with Crippen LogP contribution in [-0.2, 0) is 0 Å². The Hall–Kier alpha value is -2.83. The van der Waals surface area contributed by atoms with Crippen LogP contribution < -0.4 is 0 Å². The Bertz CT molecular complexity index is 693. The molecule has 17 heavy (non-hydrogen) atoms. The maximum absolute atomic E-state index is 11.2. The number of ketones is 1. The molecule has 0 saturated heterocycles. The van der Waals surface area contributed by atoms with E-state index in [9.17, 15) is 4.79 Å². The van der Waals surface area contributed by atoms with Gasteiger partial charge in [0.05, 0.1) is 0 Å². The van der Waals surface area contributed by atoms with Crippen molar-refractivity contribution in [1.82, 2.24) is 0 Å². The van der Waals surface area contributed by atoms with E-state index in [1.807, 2.05) is 0 Å². The lowest BCUT2D eigenvalue weighted by Gasteiger charge is -2.02. The molecule has 2 aromatic carbocycles. The molecule has 0 aliphatic heterocycles. The number of nitriles is 1. The molecule has 0 aliphatic rings. The van der Waals surface area contributed by atoms with Gasteiger partial charge in [0.1, 0.15) is 6.07 Å². The van der Waals surface area contributed by atoms with Crippen LogP contribution in [0.5, 0.6) is 0 Å². The van der Waals surface area contributed by atoms with E-state index in [1.54, 1.807) is 42.5 Å². The van der Waals surface area contributed by atoms with Crippen LogP contribution >= 0.6 is 0 Å². The summed E-state index contributed by atoms with van der Waals surface area (Å²) in [4.78, 5) is 14.0. The second-order valence-electron chi connectivity index (χ2n) is 3.34. The average Bonchev–Trinajstić information content (AvgIpc) is 2.38. The van der Waals surface area contributed by atoms with Crippen LogP contribution in [0.1, 0.15) is 10.4 Å². The standard InChI is InChI=1S/C12H6N4O/c13-7-12(17)9-4-5-10-8(6-9)2-1-3-11(10)15-16-14/h1-6H. The molecule has 0 aromatic heterocycles. The third kappa shape index (κ3) is 1.93. The first kappa shape index (κ1) is 10.7. The van der Waals surface area contributed by atoms with E-state index in [0.717, 1.165) is 10.8 Å². The highest BCUT2D eigenvalue weighted by Gasteiger charge is 2.06. The van der Waals surface area contributed by atoms with Crippen LogP contribution in [0.15, 0.2) is 41.5 Å². The van der Waals surface area contributed by atoms with Crippen molar-refractivity contribution < 1.29 is 4.79 Å². The summed E-state index contributed by atoms with van der Waals surface area (Å²) in [6.45, 7) is 0. The van der Waals surface area contributed by atoms with Crippen molar-refractivity contribution in [2.24, 2.45) is 5.11 Å². The first-order valence-corrected chi connectivity index (χ1v) is 4.78. The van der Waals surface area contributed by atoms with Crippen molar-refractivity contribution in [2.45, 2.75) is 0 Å². The van der Waals surface area contributed by atoms with Gasteiger partial charge >= 0.3 is 0 Å². The summed E-state index contributed by atoms with van der Waals surface area (Å²) in [5, 5.41) is 13.6. The number of carbonyl (C=O) groups excluding carboxylic acids is 1. The van der Waals surface area contributed by atoms with Crippen molar-refractivity contribution in [1.29, 1.82) is 5.26 Å². The lowest BCUT2D eigenvalue weighted by molar-refractivity contribution is 0.105. The van der Waals surface area contributed by atoms with Gasteiger partial charge < -0.3 is 0 Å². The molecule has 0 saturated carbocycles. The Morgan fingerprint density at radius 2 is 2.18 bits per heavy atom. The highest BCUT2D eigenvalue weighted by Crippen LogP contribution is 2.26. The van der Waals surface area contributed by atoms with Gasteiger partial charge in [-0.1, -0.05) is 29.4 Å². The minimum Gasteiger partial charge on any atom is -0.277 e. The normalized spacial score (nSPS) is 9.35. The summed E-state index contributed by atoms with van der Waals surface area (Å²) in [6.07, 6.45) is 0. The zero-order valence-corrected chi connectivity index (χ0v) is 8.66. The third-order valence-corrected chi connectivity index (χ3v) is 2.37. The van der Waals surface area contributed by atoms with E-state index in [4.69, 9.17) is 10.8 Å². The molecule has 0 bridgehead atoms. The van der Waals surface area contributed by atoms with Gasteiger partial charge in [-0.3, -0.25) is 4.79 Å². The number of azide groups is 1. The van der Waals surface area contributed by atoms with Crippen LogP contribution in [-0.4, -0.2) is 5.78 Å². The molecule has 2 aromatic rings. The van der Waals surface area contributed by atoms with Gasteiger partial charge in [-0.2, -0.15) is 5.26 Å². The topological polar surface area (TPSA) is 89.6 Å². The number of rotatable bonds is 2. The summed E-state index contributed by atoms with van der Waals surface area (Å²) < 4.78 is 0. The number of Topliss-reactive ketones (excluding diaryl/α,β-unsaturated/α-hetero) is 1. The summed E-state index contributed by atoms with van der Waals surface area (Å²) in [5.74, 6) is -0.582. The fourth-order valence-electron chi connectivity index (χ4n) is 1.61. The van der Waals surface area contributed by atoms with Gasteiger partial charge in [0.15, 0.2) is 0 Å². The van der Waals surface area contributed by atoms with Gasteiger partial charge in [-0.05, 0) is 28.4 Å². The summed E-state index contributed by atoms with van der Waals surface area (Å²) >= 11 is 0. The number of fused-ring (bicyclic) bond motifs is 1. The predicted octanol–water partition coefficient (Wildman–Crippen LogP) is 3.49. The summed E-state index contributed by atoms with van der Waals surface area (Å²) in [7, 11) is 0. The molecule has 80 valence electrons. The smallest absolute Gasteiger partial charge is 0.262 e. The molecule has 0 fully saturated rings. The molecule has 5 heteroatoms. The average molecular weight is 222 g/mol. The Kier molecular flexibility index (Phi) is 2.73. The maximum atomic E-state index is 11.2. The molecular weight excluding hydrogens is 216 g/mol. The van der Waals surface area contributed by atoms with Crippen LogP contribution in [0.4, 0.5) is 5.69 Å². The van der Waals surface area contributed by atoms with Crippen molar-refractivity contribution >= 4 is 22.2 Å². The summed E-state index contributed by atoms with van der Waals surface area (Å²) in [5.41, 5.74) is 9.25. The number of benzene rings is 2. The zero-order chi connectivity index (χ0) is 12.3. The minimum absolute atomic E-state index is 0.332. The van der Waals surface area contributed by atoms with Gasteiger partial charge in [0, 0.05) is 16.2 Å². The van der Waals surface area contributed by atoms with Gasteiger partial charge in [-0.15, -0.1) is 0 Å². The van der Waals surface area contributed by atoms with Crippen LogP contribution in [0.2, 0.25) is 0 Å². The minimum atomic E-state index is -0.582. The fraction of sp³-hybridized carbons (Fsp3) is 0. The van der Waals surface area contributed by atoms with Gasteiger partial charge in [0.2, 0.25) is 0 Å². The molecule has 0 heterocycles. The Labute approximate surface area is 96.5 Å². The second-order valence-corrected chi connectivity index (χ2v) is 3.34. The second kappa shape index (κ2) is 4.35. The van der Waals surface area contributed by atoms with Crippen molar-refractivity contribution in [3.63, 3.8) is 0 Å². The number of nitrogens with zero attached hydrogens (tertiary/aromatic N) is 4. The summed E-state index contributed by atoms with van der Waals surface area (Å²) in [6, 6.07) is 11.6. The third-order valence-electron chi connectivity index (χ3n) is 2.37.